The van der Waals surface area contributed by atoms with Gasteiger partial charge in [-0.15, -0.1) is 0 Å². The molecular formula is C16H36. The van der Waals surface area contributed by atoms with Gasteiger partial charge in [0.05, 0.1) is 0 Å². The predicted octanol–water partition coefficient (Wildman–Crippen LogP) is 6.30. The predicted molar refractivity (Wildman–Crippen MR) is 77.9 cm³/mol. The number of rotatable bonds is 6. The van der Waals surface area contributed by atoms with Crippen LogP contribution in [0.5, 0.6) is 0 Å². The van der Waals surface area contributed by atoms with Gasteiger partial charge in [0, 0.05) is 0 Å². The van der Waals surface area contributed by atoms with Crippen molar-refractivity contribution in [3.8, 4) is 0 Å². The van der Waals surface area contributed by atoms with E-state index in [-0.39, 0.29) is 0 Å². The molecule has 0 aromatic rings. The van der Waals surface area contributed by atoms with Crippen LogP contribution in [-0.4, -0.2) is 0 Å². The van der Waals surface area contributed by atoms with Gasteiger partial charge in [0.25, 0.3) is 0 Å². The van der Waals surface area contributed by atoms with E-state index in [2.05, 4.69) is 55.4 Å². The first-order valence-electron chi connectivity index (χ1n) is 7.24. The molecule has 0 aliphatic rings. The first kappa shape index (κ1) is 18.4. The minimum atomic E-state index is 0.500. The number of hydrogen-bond donors (Lipinski definition) is 0. The minimum Gasteiger partial charge on any atom is -0.0654 e. The molecule has 0 aromatic carbocycles. The zero-order chi connectivity index (χ0) is 13.2. The van der Waals surface area contributed by atoms with Crippen molar-refractivity contribution >= 4 is 0 Å². The first-order chi connectivity index (χ1) is 7.24. The molecule has 16 heavy (non-hydrogen) atoms. The van der Waals surface area contributed by atoms with Crippen LogP contribution >= 0.6 is 0 Å². The van der Waals surface area contributed by atoms with Crippen molar-refractivity contribution in [2.75, 3.05) is 0 Å². The highest BCUT2D eigenvalue weighted by atomic mass is 14.1. The Hall–Kier alpha value is 0. The Morgan fingerprint density at radius 1 is 0.875 bits per heavy atom. The van der Waals surface area contributed by atoms with Gasteiger partial charge in [-0.2, -0.15) is 0 Å². The molecule has 0 saturated heterocycles. The van der Waals surface area contributed by atoms with Crippen LogP contribution in [0.1, 0.15) is 87.5 Å². The molecule has 0 N–H and O–H groups in total. The standard InChI is InChI=1S/C11H24.C5H12/c1-5-8-11(7-3)9-10(4)6-2;1-5(2,3)4/h10-11H,5-9H2,1-4H3;1-4H3. The van der Waals surface area contributed by atoms with Gasteiger partial charge in [-0.05, 0) is 23.7 Å². The van der Waals surface area contributed by atoms with Crippen LogP contribution in [0, 0.1) is 17.3 Å². The van der Waals surface area contributed by atoms with Crippen molar-refractivity contribution in [3.05, 3.63) is 0 Å². The van der Waals surface area contributed by atoms with Gasteiger partial charge >= 0.3 is 0 Å². The molecule has 2 atom stereocenters. The van der Waals surface area contributed by atoms with E-state index in [1.54, 1.807) is 0 Å². The van der Waals surface area contributed by atoms with Crippen LogP contribution in [0.3, 0.4) is 0 Å². The lowest BCUT2D eigenvalue weighted by Gasteiger charge is -2.17. The van der Waals surface area contributed by atoms with E-state index in [9.17, 15) is 0 Å². The Kier molecular flexibility index (Phi) is 11.7. The summed E-state index contributed by atoms with van der Waals surface area (Å²) in [6.45, 7) is 18.0. The van der Waals surface area contributed by atoms with Gasteiger partial charge in [0.15, 0.2) is 0 Å². The third kappa shape index (κ3) is 19.6. The summed E-state index contributed by atoms with van der Waals surface area (Å²) in [6, 6.07) is 0. The van der Waals surface area contributed by atoms with Gasteiger partial charge < -0.3 is 0 Å². The normalized spacial score (nSPS) is 15.0. The van der Waals surface area contributed by atoms with Crippen molar-refractivity contribution in [1.29, 1.82) is 0 Å². The van der Waals surface area contributed by atoms with Crippen LogP contribution in [0.25, 0.3) is 0 Å². The average Bonchev–Trinajstić information content (AvgIpc) is 2.14. The van der Waals surface area contributed by atoms with Crippen LogP contribution in [0.4, 0.5) is 0 Å². The van der Waals surface area contributed by atoms with Gasteiger partial charge in [0.2, 0.25) is 0 Å². The zero-order valence-corrected chi connectivity index (χ0v) is 13.2. The Bertz CT molecular complexity index is 123. The summed E-state index contributed by atoms with van der Waals surface area (Å²) < 4.78 is 0. The maximum absolute atomic E-state index is 2.37. The largest absolute Gasteiger partial charge is 0.0654 e. The van der Waals surface area contributed by atoms with Crippen molar-refractivity contribution < 1.29 is 0 Å². The lowest BCUT2D eigenvalue weighted by atomic mass is 9.89. The molecule has 0 aliphatic heterocycles. The molecule has 0 saturated carbocycles. The molecule has 0 rings (SSSR count). The fourth-order valence-electron chi connectivity index (χ4n) is 1.63. The Labute approximate surface area is 105 Å². The Balaban J connectivity index is 0. The second-order valence-electron chi connectivity index (χ2n) is 6.81. The topological polar surface area (TPSA) is 0 Å². The summed E-state index contributed by atoms with van der Waals surface area (Å²) in [5.41, 5.74) is 0.500. The quantitative estimate of drug-likeness (QED) is 0.500. The molecule has 0 nitrogen and oxygen atoms in total. The fraction of sp³-hybridized carbons (Fsp3) is 1.00. The number of hydrogen-bond acceptors (Lipinski definition) is 0. The summed E-state index contributed by atoms with van der Waals surface area (Å²) in [5, 5.41) is 0. The SMILES string of the molecule is CC(C)(C)C.CCCC(CC)CC(C)CC. The molecule has 100 valence electrons. The summed E-state index contributed by atoms with van der Waals surface area (Å²) in [7, 11) is 0. The van der Waals surface area contributed by atoms with Gasteiger partial charge in [0.1, 0.15) is 0 Å². The molecule has 0 aromatic heterocycles. The Morgan fingerprint density at radius 2 is 1.31 bits per heavy atom. The minimum absolute atomic E-state index is 0.500. The highest BCUT2D eigenvalue weighted by Gasteiger charge is 2.08. The summed E-state index contributed by atoms with van der Waals surface area (Å²) >= 11 is 0. The van der Waals surface area contributed by atoms with Gasteiger partial charge in [-0.1, -0.05) is 81.1 Å². The lowest BCUT2D eigenvalue weighted by Crippen LogP contribution is -2.04. The molecule has 0 aliphatic carbocycles. The highest BCUT2D eigenvalue weighted by Crippen LogP contribution is 2.21. The van der Waals surface area contributed by atoms with Crippen LogP contribution in [0.15, 0.2) is 0 Å². The maximum atomic E-state index is 2.37. The molecule has 0 spiro atoms. The summed E-state index contributed by atoms with van der Waals surface area (Å²) in [6.07, 6.45) is 6.95. The second kappa shape index (κ2) is 10.2. The van der Waals surface area contributed by atoms with Crippen LogP contribution in [0.2, 0.25) is 0 Å². The maximum Gasteiger partial charge on any atom is -0.0411 e. The van der Waals surface area contributed by atoms with Crippen molar-refractivity contribution in [3.63, 3.8) is 0 Å². The Morgan fingerprint density at radius 3 is 1.56 bits per heavy atom. The van der Waals surface area contributed by atoms with E-state index in [0.29, 0.717) is 5.41 Å². The monoisotopic (exact) mass is 228 g/mol. The molecule has 0 bridgehead atoms. The third-order valence-corrected chi connectivity index (χ3v) is 2.71. The molecule has 2 unspecified atom stereocenters. The van der Waals surface area contributed by atoms with Crippen molar-refractivity contribution in [1.82, 2.24) is 0 Å². The molecule has 0 heterocycles. The summed E-state index contributed by atoms with van der Waals surface area (Å²) in [4.78, 5) is 0. The molecule has 0 heteroatoms. The lowest BCUT2D eigenvalue weighted by molar-refractivity contribution is 0.352. The van der Waals surface area contributed by atoms with E-state index in [0.717, 1.165) is 11.8 Å². The van der Waals surface area contributed by atoms with Crippen molar-refractivity contribution in [2.24, 2.45) is 17.3 Å². The summed E-state index contributed by atoms with van der Waals surface area (Å²) in [5.74, 6) is 1.93. The van der Waals surface area contributed by atoms with Gasteiger partial charge in [-0.3, -0.25) is 0 Å². The fourth-order valence-corrected chi connectivity index (χ4v) is 1.63. The van der Waals surface area contributed by atoms with Crippen LogP contribution in [-0.2, 0) is 0 Å². The third-order valence-electron chi connectivity index (χ3n) is 2.71. The zero-order valence-electron chi connectivity index (χ0n) is 13.2. The molecular weight excluding hydrogens is 192 g/mol. The average molecular weight is 228 g/mol. The second-order valence-corrected chi connectivity index (χ2v) is 6.81. The van der Waals surface area contributed by atoms with E-state index >= 15 is 0 Å². The highest BCUT2D eigenvalue weighted by molar-refractivity contribution is 4.60. The first-order valence-corrected chi connectivity index (χ1v) is 7.24. The molecule has 0 fully saturated rings. The van der Waals surface area contributed by atoms with E-state index in [1.165, 1.54) is 32.1 Å². The van der Waals surface area contributed by atoms with E-state index in [1.807, 2.05) is 0 Å². The molecule has 0 amide bonds. The van der Waals surface area contributed by atoms with E-state index < -0.39 is 0 Å². The van der Waals surface area contributed by atoms with Crippen molar-refractivity contribution in [2.45, 2.75) is 87.5 Å². The van der Waals surface area contributed by atoms with Crippen LogP contribution < -0.4 is 0 Å². The van der Waals surface area contributed by atoms with E-state index in [4.69, 9.17) is 0 Å². The van der Waals surface area contributed by atoms with Gasteiger partial charge in [-0.25, -0.2) is 0 Å². The molecule has 0 radical (unpaired) electrons. The smallest absolute Gasteiger partial charge is 0.0411 e.